The molecule has 0 amide bonds. The van der Waals surface area contributed by atoms with Crippen LogP contribution in [0, 0.1) is 0 Å². The van der Waals surface area contributed by atoms with E-state index in [0.29, 0.717) is 16.9 Å². The van der Waals surface area contributed by atoms with Crippen molar-refractivity contribution in [1.29, 1.82) is 0 Å². The van der Waals surface area contributed by atoms with Crippen molar-refractivity contribution < 1.29 is 21.6 Å². The molecule has 2 N–H and O–H groups in total. The summed E-state index contributed by atoms with van der Waals surface area (Å²) < 4.78 is 52.8. The van der Waals surface area contributed by atoms with Gasteiger partial charge in [0.25, 0.3) is 10.0 Å². The Balaban J connectivity index is 0.00000200. The van der Waals surface area contributed by atoms with Gasteiger partial charge >= 0.3 is 29.6 Å². The molecule has 1 aliphatic rings. The molecule has 1 aromatic rings. The maximum atomic E-state index is 12.2. The van der Waals surface area contributed by atoms with Gasteiger partial charge in [-0.15, -0.1) is 11.3 Å². The van der Waals surface area contributed by atoms with Crippen LogP contribution in [0.15, 0.2) is 20.7 Å². The molecule has 0 atom stereocenters. The molecule has 20 heavy (non-hydrogen) atoms. The van der Waals surface area contributed by atoms with Gasteiger partial charge in [0.05, 0.1) is 13.2 Å². The van der Waals surface area contributed by atoms with E-state index in [0.717, 1.165) is 4.31 Å². The van der Waals surface area contributed by atoms with Gasteiger partial charge in [0, 0.05) is 18.9 Å². The molecule has 0 saturated carbocycles. The fourth-order valence-corrected chi connectivity index (χ4v) is 5.48. The number of hydrogen-bond donors (Lipinski definition) is 1. The number of thiophene rings is 1. The van der Waals surface area contributed by atoms with Crippen LogP contribution in [0.1, 0.15) is 5.56 Å². The number of methoxy groups -OCH3 is 1. The summed E-state index contributed by atoms with van der Waals surface area (Å²) in [6.07, 6.45) is 2.92. The number of nitrogens with zero attached hydrogens (tertiary/aromatic N) is 1. The van der Waals surface area contributed by atoms with Crippen LogP contribution in [0.2, 0.25) is 0 Å². The number of rotatable bonds is 4. The number of fused-ring (bicyclic) bond motifs is 1. The Labute approximate surface area is 143 Å². The van der Waals surface area contributed by atoms with E-state index in [9.17, 15) is 16.8 Å². The van der Waals surface area contributed by atoms with E-state index in [4.69, 9.17) is 9.88 Å². The Bertz CT molecular complexity index is 723. The summed E-state index contributed by atoms with van der Waals surface area (Å²) in [5, 5.41) is 5.00. The zero-order valence-corrected chi connectivity index (χ0v) is 12.4. The summed E-state index contributed by atoms with van der Waals surface area (Å²) >= 11 is 0.652. The molecule has 0 saturated heterocycles. The van der Waals surface area contributed by atoms with Crippen LogP contribution in [0.3, 0.4) is 0 Å². The number of primary sulfonamides is 1. The Morgan fingerprint density at radius 3 is 2.65 bits per heavy atom. The Hall–Kier alpha value is 0.0600. The van der Waals surface area contributed by atoms with Crippen molar-refractivity contribution in [3.8, 4) is 0 Å². The van der Waals surface area contributed by atoms with Crippen LogP contribution in [0.5, 0.6) is 0 Å². The fraction of sp³-hybridized carbons (Fsp3) is 0.333. The fourth-order valence-electron chi connectivity index (χ4n) is 1.55. The van der Waals surface area contributed by atoms with Crippen molar-refractivity contribution in [3.05, 3.63) is 17.8 Å². The minimum absolute atomic E-state index is 0. The molecule has 108 valence electrons. The number of nitrogens with two attached hydrogens (primary N) is 1. The number of sulfonamides is 2. The summed E-state index contributed by atoms with van der Waals surface area (Å²) in [6.45, 7) is 0.406. The zero-order chi connectivity index (χ0) is 14.3. The quantitative estimate of drug-likeness (QED) is 0.729. The predicted molar refractivity (Wildman–Crippen MR) is 77.6 cm³/mol. The summed E-state index contributed by atoms with van der Waals surface area (Å²) in [5.74, 6) is 0. The van der Waals surface area contributed by atoms with Crippen LogP contribution >= 0.6 is 11.3 Å². The van der Waals surface area contributed by atoms with E-state index in [1.807, 2.05) is 0 Å². The first-order chi connectivity index (χ1) is 8.76. The second-order valence-corrected chi connectivity index (χ2v) is 8.70. The van der Waals surface area contributed by atoms with E-state index in [1.54, 1.807) is 0 Å². The van der Waals surface area contributed by atoms with Gasteiger partial charge in [0.1, 0.15) is 8.42 Å². The van der Waals surface area contributed by atoms with Crippen molar-refractivity contribution >= 4 is 67.0 Å². The molecule has 1 aliphatic heterocycles. The molecule has 0 aromatic carbocycles. The van der Waals surface area contributed by atoms with Crippen molar-refractivity contribution in [2.75, 3.05) is 20.3 Å². The van der Waals surface area contributed by atoms with Crippen LogP contribution in [0.25, 0.3) is 6.08 Å². The van der Waals surface area contributed by atoms with Gasteiger partial charge in [-0.3, -0.25) is 4.31 Å². The summed E-state index contributed by atoms with van der Waals surface area (Å²) in [4.78, 5) is 0. The Kier molecular flexibility index (Phi) is 5.83. The van der Waals surface area contributed by atoms with E-state index in [2.05, 4.69) is 0 Å². The Morgan fingerprint density at radius 1 is 1.45 bits per heavy atom. The number of hydrogen-bond acceptors (Lipinski definition) is 6. The molecule has 0 aliphatic carbocycles. The summed E-state index contributed by atoms with van der Waals surface area (Å²) in [7, 11) is -6.17. The van der Waals surface area contributed by atoms with Crippen molar-refractivity contribution in [2.24, 2.45) is 5.14 Å². The van der Waals surface area contributed by atoms with Crippen LogP contribution in [-0.4, -0.2) is 71.0 Å². The predicted octanol–water partition coefficient (Wildman–Crippen LogP) is -0.632. The molecule has 0 unspecified atom stereocenters. The first kappa shape index (κ1) is 18.1. The maximum absolute atomic E-state index is 12.2. The topological polar surface area (TPSA) is 107 Å². The normalized spacial score (nSPS) is 16.6. The molecule has 1 aromatic heterocycles. The molecule has 11 heteroatoms. The average Bonchev–Trinajstić information content (AvgIpc) is 2.73. The summed E-state index contributed by atoms with van der Waals surface area (Å²) in [6, 6.07) is 1.26. The van der Waals surface area contributed by atoms with Crippen molar-refractivity contribution in [3.63, 3.8) is 0 Å². The van der Waals surface area contributed by atoms with Crippen LogP contribution < -0.4 is 5.14 Å². The van der Waals surface area contributed by atoms with Gasteiger partial charge in [0.15, 0.2) is 0 Å². The van der Waals surface area contributed by atoms with Crippen molar-refractivity contribution in [1.82, 2.24) is 4.31 Å². The monoisotopic (exact) mass is 348 g/mol. The number of ether oxygens (including phenoxy) is 1. The molecule has 2 heterocycles. The molecular weight excluding hydrogens is 335 g/mol. The zero-order valence-electron chi connectivity index (χ0n) is 9.94. The summed E-state index contributed by atoms with van der Waals surface area (Å²) in [5.41, 5.74) is 0.336. The van der Waals surface area contributed by atoms with E-state index in [-0.39, 0.29) is 51.1 Å². The molecule has 0 bridgehead atoms. The standard InChI is InChI=1S/C9H12N2O5S3.Na.H/c1-16-5-4-11-3-2-7-6-8(18(10,12)13)17-9(7)19(11,14)15;;/h2-3,6H,4-5H2,1H3,(H2,10,12,13);;. The van der Waals surface area contributed by atoms with Gasteiger partial charge in [-0.25, -0.2) is 22.0 Å². The van der Waals surface area contributed by atoms with E-state index in [1.165, 1.54) is 25.5 Å². The van der Waals surface area contributed by atoms with E-state index < -0.39 is 20.0 Å². The molecule has 7 nitrogen and oxygen atoms in total. The first-order valence-corrected chi connectivity index (χ1v) is 8.93. The van der Waals surface area contributed by atoms with Crippen LogP contribution in [0.4, 0.5) is 0 Å². The van der Waals surface area contributed by atoms with Gasteiger partial charge < -0.3 is 4.74 Å². The van der Waals surface area contributed by atoms with Gasteiger partial charge in [-0.1, -0.05) is 0 Å². The molecule has 0 radical (unpaired) electrons. The first-order valence-electron chi connectivity index (χ1n) is 5.12. The van der Waals surface area contributed by atoms with Gasteiger partial charge in [-0.2, -0.15) is 0 Å². The van der Waals surface area contributed by atoms with Crippen LogP contribution in [-0.2, 0) is 24.8 Å². The minimum atomic E-state index is -3.90. The second-order valence-electron chi connectivity index (χ2n) is 3.78. The molecular formula is C9H13N2NaO5S3. The molecule has 0 fully saturated rings. The Morgan fingerprint density at radius 2 is 2.10 bits per heavy atom. The SMILES string of the molecule is COCCN1C=Cc2cc(S(N)(=O)=O)sc2S1(=O)=O.[NaH]. The third-order valence-corrected chi connectivity index (χ3v) is 7.34. The third kappa shape index (κ3) is 3.45. The molecule has 0 spiro atoms. The molecule has 2 rings (SSSR count). The third-order valence-electron chi connectivity index (χ3n) is 2.46. The second kappa shape index (κ2) is 6.44. The van der Waals surface area contributed by atoms with Gasteiger partial charge in [-0.05, 0) is 12.1 Å². The average molecular weight is 348 g/mol. The van der Waals surface area contributed by atoms with Gasteiger partial charge in [0.2, 0.25) is 10.0 Å². The van der Waals surface area contributed by atoms with Crippen molar-refractivity contribution in [2.45, 2.75) is 8.42 Å². The van der Waals surface area contributed by atoms with E-state index >= 15 is 0 Å².